The monoisotopic (exact) mass is 471 g/mol. The molecule has 0 bridgehead atoms. The van der Waals surface area contributed by atoms with E-state index in [1.165, 1.54) is 44.0 Å². The van der Waals surface area contributed by atoms with Gasteiger partial charge in [0.15, 0.2) is 11.7 Å². The summed E-state index contributed by atoms with van der Waals surface area (Å²) in [5.74, 6) is -4.20. The molecule has 176 valence electrons. The largest absolute Gasteiger partial charge is 0.478 e. The summed E-state index contributed by atoms with van der Waals surface area (Å²) in [4.78, 5) is 29.4. The molecule has 0 aliphatic heterocycles. The first-order valence-electron chi connectivity index (χ1n) is 9.97. The van der Waals surface area contributed by atoms with Crippen molar-refractivity contribution in [2.75, 3.05) is 25.5 Å². The number of amidine groups is 1. The minimum Gasteiger partial charge on any atom is -0.478 e. The number of nitrogens with zero attached hydrogens (tertiary/aromatic N) is 3. The third-order valence-corrected chi connectivity index (χ3v) is 4.85. The lowest BCUT2D eigenvalue weighted by Gasteiger charge is -2.36. The van der Waals surface area contributed by atoms with Gasteiger partial charge in [-0.05, 0) is 45.4 Å². The second-order valence-corrected chi connectivity index (χ2v) is 7.21. The molecule has 3 N–H and O–H groups in total. The van der Waals surface area contributed by atoms with Gasteiger partial charge in [-0.15, -0.1) is 0 Å². The van der Waals surface area contributed by atoms with Gasteiger partial charge in [0, 0.05) is 25.8 Å². The van der Waals surface area contributed by atoms with E-state index in [0.717, 1.165) is 6.21 Å². The number of carbonyl (C=O) groups is 2. The molecule has 32 heavy (non-hydrogen) atoms. The lowest BCUT2D eigenvalue weighted by atomic mass is 9.98. The van der Waals surface area contributed by atoms with Crippen LogP contribution in [0, 0.1) is 0 Å². The van der Waals surface area contributed by atoms with Crippen molar-refractivity contribution in [2.45, 2.75) is 39.7 Å². The number of amides is 1. The fourth-order valence-electron chi connectivity index (χ4n) is 2.64. The van der Waals surface area contributed by atoms with E-state index in [-0.39, 0.29) is 35.1 Å². The lowest BCUT2D eigenvalue weighted by Crippen LogP contribution is -2.53. The van der Waals surface area contributed by atoms with Crippen LogP contribution in [-0.4, -0.2) is 59.6 Å². The molecule has 1 rings (SSSR count). The highest BCUT2D eigenvalue weighted by molar-refractivity contribution is 6.42. The normalized spacial score (nSPS) is 14.6. The number of benzene rings is 1. The quantitative estimate of drug-likeness (QED) is 0.284. The number of hydrazone groups is 1. The van der Waals surface area contributed by atoms with Crippen molar-refractivity contribution in [3.05, 3.63) is 40.4 Å². The summed E-state index contributed by atoms with van der Waals surface area (Å²) in [6.45, 7) is 6.96. The molecule has 1 atom stereocenters. The number of carbonyl (C=O) groups excluding carboxylic acids is 1. The third-order valence-electron chi connectivity index (χ3n) is 4.54. The van der Waals surface area contributed by atoms with Crippen molar-refractivity contribution in [3.63, 3.8) is 0 Å². The van der Waals surface area contributed by atoms with Crippen LogP contribution in [0.2, 0.25) is 5.02 Å². The summed E-state index contributed by atoms with van der Waals surface area (Å²) in [7, 11) is 1.40. The van der Waals surface area contributed by atoms with Gasteiger partial charge in [0.1, 0.15) is 11.4 Å². The smallest absolute Gasteiger partial charge is 0.337 e. The van der Waals surface area contributed by atoms with E-state index >= 15 is 4.39 Å². The highest BCUT2D eigenvalue weighted by atomic mass is 35.5. The number of likely N-dealkylation sites (N-methyl/N-ethyl adjacent to an activating group) is 1. The van der Waals surface area contributed by atoms with Gasteiger partial charge in [-0.25, -0.2) is 13.6 Å². The van der Waals surface area contributed by atoms with E-state index in [2.05, 4.69) is 20.8 Å². The molecule has 0 unspecified atom stereocenters. The van der Waals surface area contributed by atoms with Gasteiger partial charge in [-0.2, -0.15) is 5.10 Å². The average Bonchev–Trinajstić information content (AvgIpc) is 2.75. The molecular formula is C21H28ClF2N5O3. The highest BCUT2D eigenvalue weighted by Crippen LogP contribution is 2.29. The van der Waals surface area contributed by atoms with Crippen molar-refractivity contribution in [1.29, 1.82) is 0 Å². The van der Waals surface area contributed by atoms with Crippen molar-refractivity contribution < 1.29 is 23.5 Å². The number of carboxylic acid groups (broad SMARTS) is 1. The summed E-state index contributed by atoms with van der Waals surface area (Å²) in [5, 5.41) is 15.5. The molecule has 1 amide bonds. The number of aliphatic imine (C=N–C) groups is 1. The van der Waals surface area contributed by atoms with Crippen LogP contribution in [0.5, 0.6) is 0 Å². The topological polar surface area (TPSA) is 106 Å². The Balaban J connectivity index is 3.37. The van der Waals surface area contributed by atoms with Gasteiger partial charge in [0.05, 0.1) is 16.8 Å². The molecule has 1 aromatic carbocycles. The molecular weight excluding hydrogens is 444 g/mol. The number of rotatable bonds is 9. The second kappa shape index (κ2) is 12.1. The minimum atomic E-state index is -1.75. The molecule has 0 aromatic heterocycles. The number of nitrogens with one attached hydrogen (secondary N) is 2. The molecule has 1 aromatic rings. The van der Waals surface area contributed by atoms with Crippen LogP contribution in [0.1, 0.15) is 44.5 Å². The van der Waals surface area contributed by atoms with Gasteiger partial charge < -0.3 is 20.7 Å². The van der Waals surface area contributed by atoms with Crippen LogP contribution >= 0.6 is 11.6 Å². The zero-order chi connectivity index (χ0) is 24.5. The maximum atomic E-state index is 15.1. The zero-order valence-electron chi connectivity index (χ0n) is 18.7. The van der Waals surface area contributed by atoms with Crippen LogP contribution in [0.3, 0.4) is 0 Å². The molecule has 11 heteroatoms. The van der Waals surface area contributed by atoms with Crippen LogP contribution < -0.4 is 10.7 Å². The van der Waals surface area contributed by atoms with Gasteiger partial charge in [0.25, 0.3) is 5.91 Å². The zero-order valence-corrected chi connectivity index (χ0v) is 19.4. The summed E-state index contributed by atoms with van der Waals surface area (Å²) in [6.07, 6.45) is 0.989. The lowest BCUT2D eigenvalue weighted by molar-refractivity contribution is -0.111. The van der Waals surface area contributed by atoms with Crippen molar-refractivity contribution in [3.8, 4) is 0 Å². The number of allylic oxidation sites excluding steroid dienone is 1. The summed E-state index contributed by atoms with van der Waals surface area (Å²) < 4.78 is 29.3. The summed E-state index contributed by atoms with van der Waals surface area (Å²) in [6, 6.07) is 3.88. The highest BCUT2D eigenvalue weighted by Gasteiger charge is 2.39. The van der Waals surface area contributed by atoms with Gasteiger partial charge >= 0.3 is 5.97 Å². The molecule has 0 radical (unpaired) electrons. The van der Waals surface area contributed by atoms with E-state index in [0.29, 0.717) is 6.54 Å². The fraction of sp³-hybridized carbons (Fsp3) is 0.429. The number of halogens is 3. The molecule has 0 saturated carbocycles. The Morgan fingerprint density at radius 1 is 1.28 bits per heavy atom. The maximum absolute atomic E-state index is 15.1. The number of hydrogen-bond donors (Lipinski definition) is 3. The predicted molar refractivity (Wildman–Crippen MR) is 123 cm³/mol. The Labute approximate surface area is 191 Å². The first-order chi connectivity index (χ1) is 15.0. The fourth-order valence-corrected chi connectivity index (χ4v) is 2.90. The molecule has 0 aliphatic carbocycles. The van der Waals surface area contributed by atoms with Crippen molar-refractivity contribution in [1.82, 2.24) is 10.3 Å². The first kappa shape index (κ1) is 27.0. The maximum Gasteiger partial charge on any atom is 0.337 e. The van der Waals surface area contributed by atoms with Crippen molar-refractivity contribution in [2.24, 2.45) is 10.1 Å². The van der Waals surface area contributed by atoms with Crippen LogP contribution in [-0.2, 0) is 4.79 Å². The second-order valence-electron chi connectivity index (χ2n) is 6.80. The Hall–Kier alpha value is -3.01. The Bertz CT molecular complexity index is 936. The van der Waals surface area contributed by atoms with Crippen LogP contribution in [0.15, 0.2) is 39.9 Å². The first-order valence-corrected chi connectivity index (χ1v) is 10.3. The van der Waals surface area contributed by atoms with E-state index in [9.17, 15) is 14.0 Å². The average molecular weight is 472 g/mol. The van der Waals surface area contributed by atoms with Gasteiger partial charge in [-0.3, -0.25) is 9.79 Å². The Morgan fingerprint density at radius 2 is 1.94 bits per heavy atom. The Morgan fingerprint density at radius 3 is 2.44 bits per heavy atom. The SMILES string of the molecule is CC/N=C(/C(=O)Nc1ccc(C(=O)O)c(Cl)c1)N(C)[C@@](C)(/C=N\NCC)/C(F)=C(/F)CC. The van der Waals surface area contributed by atoms with E-state index in [1.54, 1.807) is 13.8 Å². The third kappa shape index (κ3) is 6.49. The van der Waals surface area contributed by atoms with Gasteiger partial charge in [-0.1, -0.05) is 18.5 Å². The molecule has 0 heterocycles. The molecule has 0 fully saturated rings. The number of aromatic carboxylic acids is 1. The number of anilines is 1. The minimum absolute atomic E-state index is 0.0701. The van der Waals surface area contributed by atoms with Gasteiger partial charge in [0.2, 0.25) is 0 Å². The Kier molecular flexibility index (Phi) is 10.2. The van der Waals surface area contributed by atoms with E-state index < -0.39 is 29.1 Å². The van der Waals surface area contributed by atoms with Crippen molar-refractivity contribution >= 4 is 41.2 Å². The predicted octanol–water partition coefficient (Wildman–Crippen LogP) is 4.24. The van der Waals surface area contributed by atoms with E-state index in [1.807, 2.05) is 0 Å². The van der Waals surface area contributed by atoms with Crippen LogP contribution in [0.4, 0.5) is 14.5 Å². The number of carboxylic acids is 1. The molecule has 0 spiro atoms. The molecule has 8 nitrogen and oxygen atoms in total. The molecule has 0 aliphatic rings. The van der Waals surface area contributed by atoms with E-state index in [4.69, 9.17) is 16.7 Å². The standard InChI is InChI=1S/C21H28ClF2N5O3/c1-6-16(23)17(24)21(4,12-27-26-8-3)29(5)18(25-7-2)19(30)28-13-9-10-14(20(31)32)15(22)11-13/h9-12,26H,6-8H2,1-5H3,(H,28,30)(H,31,32)/b17-16-,25-18-,27-12-/t21-/m0/s1. The number of hydrogen-bond acceptors (Lipinski definition) is 5. The van der Waals surface area contributed by atoms with Crippen LogP contribution in [0.25, 0.3) is 0 Å². The summed E-state index contributed by atoms with van der Waals surface area (Å²) >= 11 is 5.95. The summed E-state index contributed by atoms with van der Waals surface area (Å²) in [5.41, 5.74) is 0.991. The molecule has 0 saturated heterocycles.